The summed E-state index contributed by atoms with van der Waals surface area (Å²) < 4.78 is 5.31. The second kappa shape index (κ2) is 6.52. The number of amides is 1. The lowest BCUT2D eigenvalue weighted by Crippen LogP contribution is -2.31. The summed E-state index contributed by atoms with van der Waals surface area (Å²) in [5, 5.41) is 4.14. The van der Waals surface area contributed by atoms with Crippen LogP contribution in [-0.4, -0.2) is 38.4 Å². The van der Waals surface area contributed by atoms with Gasteiger partial charge in [-0.25, -0.2) is 5.43 Å². The molecule has 20 heavy (non-hydrogen) atoms. The second-order valence-electron chi connectivity index (χ2n) is 5.12. The van der Waals surface area contributed by atoms with Crippen LogP contribution in [0.15, 0.2) is 29.4 Å². The maximum atomic E-state index is 11.8. The lowest BCUT2D eigenvalue weighted by atomic mass is 10.1. The molecule has 0 aromatic heterocycles. The fourth-order valence-electron chi connectivity index (χ4n) is 2.06. The predicted molar refractivity (Wildman–Crippen MR) is 80.1 cm³/mol. The summed E-state index contributed by atoms with van der Waals surface area (Å²) in [5.41, 5.74) is 5.47. The number of nitrogens with zero attached hydrogens (tertiary/aromatic N) is 2. The first-order chi connectivity index (χ1) is 9.58. The zero-order valence-electron chi connectivity index (χ0n) is 12.2. The van der Waals surface area contributed by atoms with E-state index in [1.807, 2.05) is 50.2 Å². The van der Waals surface area contributed by atoms with Gasteiger partial charge >= 0.3 is 0 Å². The summed E-state index contributed by atoms with van der Waals surface area (Å²) in [5.74, 6) is -0.160. The van der Waals surface area contributed by atoms with Gasteiger partial charge in [0.15, 0.2) is 0 Å². The van der Waals surface area contributed by atoms with Crippen LogP contribution in [0.4, 0.5) is 5.69 Å². The number of benzene rings is 1. The van der Waals surface area contributed by atoms with Gasteiger partial charge in [-0.3, -0.25) is 4.79 Å². The van der Waals surface area contributed by atoms with Crippen molar-refractivity contribution in [1.82, 2.24) is 5.43 Å². The molecule has 0 saturated carbocycles. The number of hydrogen-bond donors (Lipinski definition) is 1. The number of carbonyl (C=O) groups is 1. The van der Waals surface area contributed by atoms with Crippen LogP contribution in [0.5, 0.6) is 0 Å². The SMILES string of the molecule is CC(=NNC(=O)C1CCCO1)c1ccc(N(C)C)cc1. The van der Waals surface area contributed by atoms with E-state index < -0.39 is 0 Å². The first-order valence-electron chi connectivity index (χ1n) is 6.81. The summed E-state index contributed by atoms with van der Waals surface area (Å²) in [6, 6.07) is 8.03. The first kappa shape index (κ1) is 14.5. The third kappa shape index (κ3) is 3.57. The maximum Gasteiger partial charge on any atom is 0.269 e. The molecule has 1 aliphatic rings. The zero-order chi connectivity index (χ0) is 14.5. The average molecular weight is 275 g/mol. The molecule has 1 N–H and O–H groups in total. The molecule has 108 valence electrons. The number of ether oxygens (including phenoxy) is 1. The molecule has 1 aromatic carbocycles. The molecule has 2 rings (SSSR count). The van der Waals surface area contributed by atoms with E-state index in [0.29, 0.717) is 6.61 Å². The van der Waals surface area contributed by atoms with Gasteiger partial charge in [-0.15, -0.1) is 0 Å². The standard InChI is InChI=1S/C15H21N3O2/c1-11(12-6-8-13(9-7-12)18(2)3)16-17-15(19)14-5-4-10-20-14/h6-9,14H,4-5,10H2,1-3H3,(H,17,19). The minimum atomic E-state index is -0.345. The molecule has 5 heteroatoms. The largest absolute Gasteiger partial charge is 0.378 e. The zero-order valence-corrected chi connectivity index (χ0v) is 12.2. The normalized spacial score (nSPS) is 18.9. The molecule has 1 fully saturated rings. The molecule has 1 saturated heterocycles. The average Bonchev–Trinajstić information content (AvgIpc) is 2.98. The van der Waals surface area contributed by atoms with E-state index in [-0.39, 0.29) is 12.0 Å². The Labute approximate surface area is 119 Å². The van der Waals surface area contributed by atoms with E-state index in [4.69, 9.17) is 4.74 Å². The number of rotatable bonds is 4. The highest BCUT2D eigenvalue weighted by atomic mass is 16.5. The van der Waals surface area contributed by atoms with Gasteiger partial charge in [0, 0.05) is 26.4 Å². The van der Waals surface area contributed by atoms with Gasteiger partial charge in [0.25, 0.3) is 5.91 Å². The Kier molecular flexibility index (Phi) is 4.74. The molecular formula is C15H21N3O2. The third-order valence-corrected chi connectivity index (χ3v) is 3.36. The Morgan fingerprint density at radius 3 is 2.60 bits per heavy atom. The van der Waals surface area contributed by atoms with Gasteiger partial charge in [0.1, 0.15) is 6.10 Å². The Balaban J connectivity index is 1.97. The van der Waals surface area contributed by atoms with Crippen molar-refractivity contribution >= 4 is 17.3 Å². The van der Waals surface area contributed by atoms with Gasteiger partial charge < -0.3 is 9.64 Å². The molecule has 1 aromatic rings. The van der Waals surface area contributed by atoms with Gasteiger partial charge in [0.05, 0.1) is 5.71 Å². The topological polar surface area (TPSA) is 53.9 Å². The van der Waals surface area contributed by atoms with Crippen molar-refractivity contribution in [3.05, 3.63) is 29.8 Å². The van der Waals surface area contributed by atoms with Crippen LogP contribution >= 0.6 is 0 Å². The van der Waals surface area contributed by atoms with Crippen molar-refractivity contribution in [2.45, 2.75) is 25.9 Å². The van der Waals surface area contributed by atoms with Crippen LogP contribution in [0.25, 0.3) is 0 Å². The molecule has 5 nitrogen and oxygen atoms in total. The summed E-state index contributed by atoms with van der Waals surface area (Å²) >= 11 is 0. The number of anilines is 1. The fourth-order valence-corrected chi connectivity index (χ4v) is 2.06. The molecule has 0 radical (unpaired) electrons. The van der Waals surface area contributed by atoms with Crippen molar-refractivity contribution in [3.8, 4) is 0 Å². The van der Waals surface area contributed by atoms with Crippen LogP contribution in [-0.2, 0) is 9.53 Å². The monoisotopic (exact) mass is 275 g/mol. The van der Waals surface area contributed by atoms with E-state index >= 15 is 0 Å². The second-order valence-corrected chi connectivity index (χ2v) is 5.12. The number of hydrazone groups is 1. The van der Waals surface area contributed by atoms with Crippen molar-refractivity contribution in [1.29, 1.82) is 0 Å². The van der Waals surface area contributed by atoms with Gasteiger partial charge in [0.2, 0.25) is 0 Å². The van der Waals surface area contributed by atoms with Gasteiger partial charge in [-0.1, -0.05) is 12.1 Å². The smallest absolute Gasteiger partial charge is 0.269 e. The number of hydrogen-bond acceptors (Lipinski definition) is 4. The van der Waals surface area contributed by atoms with E-state index in [2.05, 4.69) is 10.5 Å². The molecule has 0 aliphatic carbocycles. The molecule has 1 amide bonds. The van der Waals surface area contributed by atoms with Gasteiger partial charge in [-0.05, 0) is 37.5 Å². The summed E-state index contributed by atoms with van der Waals surface area (Å²) in [7, 11) is 4.00. The molecule has 0 bridgehead atoms. The number of carbonyl (C=O) groups excluding carboxylic acids is 1. The van der Waals surface area contributed by atoms with Crippen molar-refractivity contribution < 1.29 is 9.53 Å². The van der Waals surface area contributed by atoms with Crippen molar-refractivity contribution in [2.24, 2.45) is 5.10 Å². The third-order valence-electron chi connectivity index (χ3n) is 3.36. The number of nitrogens with one attached hydrogen (secondary N) is 1. The summed E-state index contributed by atoms with van der Waals surface area (Å²) in [6.45, 7) is 2.53. The Morgan fingerprint density at radius 2 is 2.05 bits per heavy atom. The first-order valence-corrected chi connectivity index (χ1v) is 6.81. The fraction of sp³-hybridized carbons (Fsp3) is 0.467. The highest BCUT2D eigenvalue weighted by Crippen LogP contribution is 2.13. The lowest BCUT2D eigenvalue weighted by Gasteiger charge is -2.12. The Morgan fingerprint density at radius 1 is 1.35 bits per heavy atom. The van der Waals surface area contributed by atoms with E-state index in [0.717, 1.165) is 29.8 Å². The van der Waals surface area contributed by atoms with Crippen LogP contribution in [0.1, 0.15) is 25.3 Å². The van der Waals surface area contributed by atoms with Crippen LogP contribution < -0.4 is 10.3 Å². The molecular weight excluding hydrogens is 254 g/mol. The van der Waals surface area contributed by atoms with E-state index in [9.17, 15) is 4.79 Å². The molecule has 1 aliphatic heterocycles. The maximum absolute atomic E-state index is 11.8. The van der Waals surface area contributed by atoms with Crippen LogP contribution in [0.2, 0.25) is 0 Å². The highest BCUT2D eigenvalue weighted by molar-refractivity contribution is 5.99. The lowest BCUT2D eigenvalue weighted by molar-refractivity contribution is -0.130. The Bertz CT molecular complexity index is 488. The molecule has 1 unspecified atom stereocenters. The molecule has 1 heterocycles. The molecule has 0 spiro atoms. The summed E-state index contributed by atoms with van der Waals surface area (Å²) in [6.07, 6.45) is 1.37. The highest BCUT2D eigenvalue weighted by Gasteiger charge is 2.23. The van der Waals surface area contributed by atoms with Crippen LogP contribution in [0, 0.1) is 0 Å². The minimum Gasteiger partial charge on any atom is -0.378 e. The van der Waals surface area contributed by atoms with Crippen LogP contribution in [0.3, 0.4) is 0 Å². The minimum absolute atomic E-state index is 0.160. The van der Waals surface area contributed by atoms with Crippen molar-refractivity contribution in [3.63, 3.8) is 0 Å². The quantitative estimate of drug-likeness (QED) is 0.673. The molecule has 1 atom stereocenters. The Hall–Kier alpha value is -1.88. The van der Waals surface area contributed by atoms with Gasteiger partial charge in [-0.2, -0.15) is 5.10 Å². The van der Waals surface area contributed by atoms with Crippen molar-refractivity contribution in [2.75, 3.05) is 25.6 Å². The summed E-state index contributed by atoms with van der Waals surface area (Å²) in [4.78, 5) is 13.8. The van der Waals surface area contributed by atoms with E-state index in [1.54, 1.807) is 0 Å². The van der Waals surface area contributed by atoms with E-state index in [1.165, 1.54) is 0 Å². The predicted octanol–water partition coefficient (Wildman–Crippen LogP) is 1.77.